The number of halogens is 4. The Morgan fingerprint density at radius 1 is 1.11 bits per heavy atom. The molecule has 0 amide bonds. The lowest BCUT2D eigenvalue weighted by molar-refractivity contribution is -0.136. The molecule has 6 nitrogen and oxygen atoms in total. The summed E-state index contributed by atoms with van der Waals surface area (Å²) in [7, 11) is 0. The molecule has 0 spiro atoms. The molecule has 1 aliphatic carbocycles. The number of aryl methyl sites for hydroxylation is 1. The molecule has 2 heterocycles. The van der Waals surface area contributed by atoms with Crippen LogP contribution in [-0.4, -0.2) is 44.3 Å². The maximum atomic E-state index is 14.8. The van der Waals surface area contributed by atoms with Gasteiger partial charge in [-0.3, -0.25) is 4.68 Å². The largest absolute Gasteiger partial charge is 0.492 e. The SMILES string of the molecule is Cc1ccc([C@@]2(O)C[C@@H](COc3cc(C(F)(F)F)c4c(c3)c(F)nn4C3CC(C)(O)C3)N[C@@H](C)C2)cc1. The Morgan fingerprint density at radius 3 is 2.41 bits per heavy atom. The third kappa shape index (κ3) is 5.06. The number of nitrogens with one attached hydrogen (secondary N) is 1. The minimum Gasteiger partial charge on any atom is -0.492 e. The lowest BCUT2D eigenvalue weighted by Crippen LogP contribution is -2.53. The first-order valence-corrected chi connectivity index (χ1v) is 12.4. The van der Waals surface area contributed by atoms with E-state index in [0.717, 1.165) is 21.9 Å². The van der Waals surface area contributed by atoms with Crippen LogP contribution in [0.3, 0.4) is 0 Å². The lowest BCUT2D eigenvalue weighted by Gasteiger charge is -2.41. The van der Waals surface area contributed by atoms with Gasteiger partial charge in [0, 0.05) is 12.1 Å². The number of hydrogen-bond donors (Lipinski definition) is 3. The monoisotopic (exact) mass is 521 g/mol. The number of alkyl halides is 3. The van der Waals surface area contributed by atoms with Gasteiger partial charge < -0.3 is 20.3 Å². The maximum Gasteiger partial charge on any atom is 0.418 e. The van der Waals surface area contributed by atoms with Gasteiger partial charge in [-0.1, -0.05) is 29.8 Å². The van der Waals surface area contributed by atoms with Gasteiger partial charge in [0.15, 0.2) is 0 Å². The van der Waals surface area contributed by atoms with E-state index in [1.807, 2.05) is 38.1 Å². The summed E-state index contributed by atoms with van der Waals surface area (Å²) in [5.74, 6) is -1.14. The van der Waals surface area contributed by atoms with Gasteiger partial charge >= 0.3 is 6.18 Å². The highest BCUT2D eigenvalue weighted by molar-refractivity contribution is 5.85. The van der Waals surface area contributed by atoms with Gasteiger partial charge in [0.2, 0.25) is 5.95 Å². The van der Waals surface area contributed by atoms with E-state index >= 15 is 0 Å². The van der Waals surface area contributed by atoms with Crippen LogP contribution in [0.15, 0.2) is 36.4 Å². The molecule has 1 saturated carbocycles. The Hall–Kier alpha value is -2.69. The molecule has 0 bridgehead atoms. The van der Waals surface area contributed by atoms with Gasteiger partial charge in [0.05, 0.1) is 33.7 Å². The molecule has 37 heavy (non-hydrogen) atoms. The van der Waals surface area contributed by atoms with Gasteiger partial charge in [0.25, 0.3) is 0 Å². The van der Waals surface area contributed by atoms with Crippen molar-refractivity contribution in [3.8, 4) is 5.75 Å². The molecule has 1 saturated heterocycles. The second kappa shape index (κ2) is 8.96. The summed E-state index contributed by atoms with van der Waals surface area (Å²) < 4.78 is 63.8. The van der Waals surface area contributed by atoms with Gasteiger partial charge in [0.1, 0.15) is 12.4 Å². The molecule has 2 fully saturated rings. The van der Waals surface area contributed by atoms with Crippen LogP contribution >= 0.6 is 0 Å². The van der Waals surface area contributed by atoms with E-state index in [4.69, 9.17) is 4.74 Å². The third-order valence-corrected chi connectivity index (χ3v) is 7.52. The second-order valence-corrected chi connectivity index (χ2v) is 11.0. The molecule has 1 aromatic heterocycles. The zero-order valence-corrected chi connectivity index (χ0v) is 20.9. The van der Waals surface area contributed by atoms with Crippen molar-refractivity contribution in [3.05, 3.63) is 59.0 Å². The van der Waals surface area contributed by atoms with Crippen LogP contribution in [0, 0.1) is 12.9 Å². The highest BCUT2D eigenvalue weighted by atomic mass is 19.4. The fourth-order valence-electron chi connectivity index (χ4n) is 5.82. The van der Waals surface area contributed by atoms with Crippen LogP contribution in [0.1, 0.15) is 62.3 Å². The zero-order chi connectivity index (χ0) is 26.8. The molecule has 2 aliphatic rings. The Kier molecular flexibility index (Phi) is 6.28. The summed E-state index contributed by atoms with van der Waals surface area (Å²) in [6.45, 7) is 5.47. The number of fused-ring (bicyclic) bond motifs is 1. The fraction of sp³-hybridized carbons (Fsp3) is 0.519. The number of aromatic nitrogens is 2. The number of ether oxygens (including phenoxy) is 1. The molecule has 10 heteroatoms. The minimum atomic E-state index is -4.77. The van der Waals surface area contributed by atoms with Gasteiger partial charge in [-0.15, -0.1) is 5.10 Å². The van der Waals surface area contributed by atoms with E-state index in [1.165, 1.54) is 6.07 Å². The Labute approximate surface area is 212 Å². The Bertz CT molecular complexity index is 1300. The van der Waals surface area contributed by atoms with Crippen molar-refractivity contribution < 1.29 is 32.5 Å². The van der Waals surface area contributed by atoms with Crippen molar-refractivity contribution >= 4 is 10.9 Å². The molecule has 5 rings (SSSR count). The van der Waals surface area contributed by atoms with Crippen molar-refractivity contribution in [1.29, 1.82) is 0 Å². The first-order valence-electron chi connectivity index (χ1n) is 12.4. The van der Waals surface area contributed by atoms with Crippen LogP contribution in [0.25, 0.3) is 10.9 Å². The number of piperidine rings is 1. The zero-order valence-electron chi connectivity index (χ0n) is 20.9. The quantitative estimate of drug-likeness (QED) is 0.412. The van der Waals surface area contributed by atoms with Gasteiger partial charge in [-0.05, 0) is 64.2 Å². The predicted molar refractivity (Wildman–Crippen MR) is 130 cm³/mol. The van der Waals surface area contributed by atoms with Crippen molar-refractivity contribution in [2.24, 2.45) is 0 Å². The highest BCUT2D eigenvalue weighted by Gasteiger charge is 2.44. The average molecular weight is 522 g/mol. The normalized spacial score (nSPS) is 30.4. The summed E-state index contributed by atoms with van der Waals surface area (Å²) in [6.07, 6.45) is -3.60. The smallest absolute Gasteiger partial charge is 0.418 e. The summed E-state index contributed by atoms with van der Waals surface area (Å²) >= 11 is 0. The number of rotatable bonds is 5. The average Bonchev–Trinajstić information content (AvgIpc) is 3.10. The van der Waals surface area contributed by atoms with Crippen molar-refractivity contribution in [2.75, 3.05) is 6.61 Å². The third-order valence-electron chi connectivity index (χ3n) is 7.52. The van der Waals surface area contributed by atoms with Gasteiger partial charge in [-0.2, -0.15) is 17.6 Å². The first-order chi connectivity index (χ1) is 17.2. The summed E-state index contributed by atoms with van der Waals surface area (Å²) in [5, 5.41) is 28.2. The van der Waals surface area contributed by atoms with E-state index in [9.17, 15) is 27.8 Å². The lowest BCUT2D eigenvalue weighted by atomic mass is 9.77. The molecule has 3 N–H and O–H groups in total. The summed E-state index contributed by atoms with van der Waals surface area (Å²) in [5.41, 5.74) is -1.65. The Morgan fingerprint density at radius 2 is 1.78 bits per heavy atom. The van der Waals surface area contributed by atoms with Crippen molar-refractivity contribution in [2.45, 2.75) is 82.0 Å². The van der Waals surface area contributed by atoms with Crippen LogP contribution in [0.5, 0.6) is 5.75 Å². The molecular weight excluding hydrogens is 490 g/mol. The number of aliphatic hydroxyl groups is 2. The van der Waals surface area contributed by atoms with E-state index in [-0.39, 0.29) is 48.2 Å². The predicted octanol–water partition coefficient (Wildman–Crippen LogP) is 5.00. The Balaban J connectivity index is 1.40. The van der Waals surface area contributed by atoms with Crippen LogP contribution in [0.2, 0.25) is 0 Å². The van der Waals surface area contributed by atoms with E-state index in [1.54, 1.807) is 6.92 Å². The standard InChI is InChI=1S/C27H31F4N3O3/c1-15-4-6-17(7-5-15)26(36)10-16(2)32-18(11-26)14-37-20-8-21-23(22(9-20)27(29,30)31)34(33-24(21)28)19-12-25(3,35)13-19/h4-9,16,18-19,32,35-36H,10-14H2,1-3H3/t16-,18-,19?,25?,26-/m0/s1. The molecule has 0 unspecified atom stereocenters. The molecular formula is C27H31F4N3O3. The highest BCUT2D eigenvalue weighted by Crippen LogP contribution is 2.45. The van der Waals surface area contributed by atoms with Gasteiger partial charge in [-0.25, -0.2) is 0 Å². The molecule has 3 atom stereocenters. The minimum absolute atomic E-state index is 0.0113. The molecule has 2 aromatic carbocycles. The fourth-order valence-corrected chi connectivity index (χ4v) is 5.82. The van der Waals surface area contributed by atoms with Crippen molar-refractivity contribution in [1.82, 2.24) is 15.1 Å². The molecule has 1 aliphatic heterocycles. The second-order valence-electron chi connectivity index (χ2n) is 11.0. The summed E-state index contributed by atoms with van der Waals surface area (Å²) in [6, 6.07) is 8.81. The molecule has 200 valence electrons. The number of benzene rings is 2. The summed E-state index contributed by atoms with van der Waals surface area (Å²) in [4.78, 5) is 0. The van der Waals surface area contributed by atoms with E-state index < -0.39 is 34.9 Å². The van der Waals surface area contributed by atoms with E-state index in [2.05, 4.69) is 10.4 Å². The topological polar surface area (TPSA) is 79.5 Å². The van der Waals surface area contributed by atoms with Crippen molar-refractivity contribution in [3.63, 3.8) is 0 Å². The van der Waals surface area contributed by atoms with E-state index in [0.29, 0.717) is 12.8 Å². The van der Waals surface area contributed by atoms with Crippen LogP contribution in [-0.2, 0) is 11.8 Å². The number of hydrogen-bond acceptors (Lipinski definition) is 5. The number of nitrogens with zero attached hydrogens (tertiary/aromatic N) is 2. The van der Waals surface area contributed by atoms with Crippen LogP contribution < -0.4 is 10.1 Å². The maximum absolute atomic E-state index is 14.8. The molecule has 3 aromatic rings. The first kappa shape index (κ1) is 25.9. The van der Waals surface area contributed by atoms with Crippen LogP contribution in [0.4, 0.5) is 17.6 Å². The molecule has 0 radical (unpaired) electrons.